The summed E-state index contributed by atoms with van der Waals surface area (Å²) in [4.78, 5) is 30.3. The maximum Gasteiger partial charge on any atom is 0.164 e. The third-order valence-corrected chi connectivity index (χ3v) is 11.7. The van der Waals surface area contributed by atoms with E-state index in [1.54, 1.807) is 35.6 Å². The fourth-order valence-electron chi connectivity index (χ4n) is 7.14. The zero-order valence-corrected chi connectivity index (χ0v) is 37.0. The predicted molar refractivity (Wildman–Crippen MR) is 264 cm³/mol. The Hall–Kier alpha value is -7.88. The van der Waals surface area contributed by atoms with E-state index in [-0.39, 0.29) is 11.6 Å². The first-order valence-corrected chi connectivity index (χ1v) is 22.0. The van der Waals surface area contributed by atoms with Gasteiger partial charge in [0, 0.05) is 42.8 Å². The van der Waals surface area contributed by atoms with Crippen LogP contribution in [0.4, 0.5) is 8.78 Å². The first-order valence-electron chi connectivity index (χ1n) is 21.2. The normalized spacial score (nSPS) is 12.8. The van der Waals surface area contributed by atoms with Crippen LogP contribution >= 0.6 is 11.3 Å². The fraction of sp³-hybridized carbons (Fsp3) is 0.0714. The molecule has 0 fully saturated rings. The molecule has 0 saturated heterocycles. The third kappa shape index (κ3) is 10.5. The van der Waals surface area contributed by atoms with E-state index < -0.39 is 0 Å². The molecule has 0 N–H and O–H groups in total. The van der Waals surface area contributed by atoms with Gasteiger partial charge < -0.3 is 0 Å². The van der Waals surface area contributed by atoms with Crippen LogP contribution in [0.1, 0.15) is 42.1 Å². The van der Waals surface area contributed by atoms with E-state index in [1.165, 1.54) is 33.7 Å². The van der Waals surface area contributed by atoms with Crippen molar-refractivity contribution >= 4 is 40.7 Å². The molecule has 0 atom stereocenters. The van der Waals surface area contributed by atoms with E-state index in [0.717, 1.165) is 44.2 Å². The Morgan fingerprint density at radius 1 is 0.600 bits per heavy atom. The van der Waals surface area contributed by atoms with Crippen molar-refractivity contribution in [1.29, 1.82) is 0 Å². The van der Waals surface area contributed by atoms with Crippen molar-refractivity contribution in [2.24, 2.45) is 0 Å². The van der Waals surface area contributed by atoms with Crippen molar-refractivity contribution in [3.05, 3.63) is 220 Å². The van der Waals surface area contributed by atoms with Crippen LogP contribution in [0.15, 0.2) is 176 Å². The summed E-state index contributed by atoms with van der Waals surface area (Å²) in [6, 6.07) is 40.0. The topological polar surface area (TPSA) is 77.3 Å². The molecular formula is C56H44F2N6S. The summed E-state index contributed by atoms with van der Waals surface area (Å²) in [7, 11) is 0. The molecule has 8 rings (SSSR count). The van der Waals surface area contributed by atoms with Crippen LogP contribution in [-0.4, -0.2) is 29.9 Å². The molecule has 0 aliphatic heterocycles. The maximum atomic E-state index is 13.9. The number of aryl methyl sites for hydroxylation is 1. The van der Waals surface area contributed by atoms with Gasteiger partial charge in [-0.15, -0.1) is 11.3 Å². The van der Waals surface area contributed by atoms with Crippen molar-refractivity contribution in [2.45, 2.75) is 27.2 Å². The number of halogens is 2. The third-order valence-electron chi connectivity index (χ3n) is 10.5. The van der Waals surface area contributed by atoms with E-state index in [0.29, 0.717) is 52.5 Å². The van der Waals surface area contributed by atoms with Gasteiger partial charge >= 0.3 is 0 Å². The molecule has 9 heteroatoms. The number of benzene rings is 5. The molecule has 0 aliphatic rings. The standard InChI is InChI=1S/C56H44F2N6S/c1-5-8-18-39(51-59-52(40-19-11-9-12-20-40)61-54(60-51)42-27-31-46(57)32-28-42)23-15-16-26-48-49(37(4)65-50(48)7-3)36-38(6-2)44-24-17-25-45(35-44)56-63-53(41-21-13-10-14-22-41)62-55(64-56)43-29-33-47(58)34-30-43/h5-15,17-36H,2,16H2,1,3-4H3/b8-5-,23-15+,38-36+,39-18+,48-26-,50-7+. The first kappa shape index (κ1) is 43.8. The Morgan fingerprint density at radius 3 is 1.63 bits per heavy atom. The molecule has 0 aliphatic carbocycles. The molecule has 0 radical (unpaired) electrons. The summed E-state index contributed by atoms with van der Waals surface area (Å²) in [6.07, 6.45) is 19.1. The van der Waals surface area contributed by atoms with Crippen LogP contribution < -0.4 is 9.75 Å². The van der Waals surface area contributed by atoms with Crippen LogP contribution in [0, 0.1) is 18.6 Å². The summed E-state index contributed by atoms with van der Waals surface area (Å²) >= 11 is 1.75. The Kier molecular flexibility index (Phi) is 13.8. The first-order chi connectivity index (χ1) is 31.8. The largest absolute Gasteiger partial charge is 0.208 e. The highest BCUT2D eigenvalue weighted by Crippen LogP contribution is 2.29. The van der Waals surface area contributed by atoms with Crippen LogP contribution in [0.25, 0.3) is 86.3 Å². The molecule has 3 heterocycles. The molecule has 0 saturated carbocycles. The van der Waals surface area contributed by atoms with Gasteiger partial charge in [-0.25, -0.2) is 38.7 Å². The minimum atomic E-state index is -0.330. The predicted octanol–water partition coefficient (Wildman–Crippen LogP) is 13.0. The summed E-state index contributed by atoms with van der Waals surface area (Å²) in [6.45, 7) is 10.4. The number of aromatic nitrogens is 6. The molecule has 0 amide bonds. The average molecular weight is 871 g/mol. The molecule has 0 spiro atoms. The average Bonchev–Trinajstić information content (AvgIpc) is 3.66. The van der Waals surface area contributed by atoms with E-state index >= 15 is 0 Å². The highest BCUT2D eigenvalue weighted by molar-refractivity contribution is 7.10. The zero-order valence-electron chi connectivity index (χ0n) is 36.2. The monoisotopic (exact) mass is 870 g/mol. The molecule has 318 valence electrons. The SMILES string of the molecule is C=C/C(=C\c1c(C)sc(=C/C)/c1=C\C/C=C/C(=C\C=C/C)c1nc(-c2ccccc2)nc(-c2ccc(F)cc2)n1)c1cccc(-c2nc(-c3ccccc3)nc(-c3ccc(F)cc3)n2)c1. The highest BCUT2D eigenvalue weighted by atomic mass is 32.1. The van der Waals surface area contributed by atoms with E-state index in [2.05, 4.69) is 56.9 Å². The van der Waals surface area contributed by atoms with E-state index in [1.807, 2.05) is 110 Å². The minimum Gasteiger partial charge on any atom is -0.208 e. The highest BCUT2D eigenvalue weighted by Gasteiger charge is 2.15. The van der Waals surface area contributed by atoms with Crippen LogP contribution in [-0.2, 0) is 0 Å². The number of thiophene rings is 1. The Labute approximate surface area is 381 Å². The van der Waals surface area contributed by atoms with Crippen molar-refractivity contribution in [3.63, 3.8) is 0 Å². The van der Waals surface area contributed by atoms with Gasteiger partial charge in [0.15, 0.2) is 34.9 Å². The summed E-state index contributed by atoms with van der Waals surface area (Å²) in [5, 5.41) is 1.13. The molecule has 65 heavy (non-hydrogen) atoms. The van der Waals surface area contributed by atoms with Crippen molar-refractivity contribution in [2.75, 3.05) is 0 Å². The molecule has 6 nitrogen and oxygen atoms in total. The number of rotatable bonds is 13. The molecule has 3 aromatic heterocycles. The number of hydrogen-bond donors (Lipinski definition) is 0. The van der Waals surface area contributed by atoms with Crippen LogP contribution in [0.2, 0.25) is 0 Å². The van der Waals surface area contributed by atoms with Gasteiger partial charge in [0.05, 0.1) is 0 Å². The van der Waals surface area contributed by atoms with Gasteiger partial charge in [-0.05, 0) is 110 Å². The Bertz CT molecular complexity index is 3230. The lowest BCUT2D eigenvalue weighted by Crippen LogP contribution is -2.20. The second kappa shape index (κ2) is 20.5. The van der Waals surface area contributed by atoms with E-state index in [4.69, 9.17) is 29.9 Å². The fourth-order valence-corrected chi connectivity index (χ4v) is 8.17. The lowest BCUT2D eigenvalue weighted by molar-refractivity contribution is 0.627. The molecular weight excluding hydrogens is 827 g/mol. The Balaban J connectivity index is 1.13. The molecule has 0 bridgehead atoms. The summed E-state index contributed by atoms with van der Waals surface area (Å²) in [5.41, 5.74) is 7.69. The van der Waals surface area contributed by atoms with Crippen molar-refractivity contribution in [1.82, 2.24) is 29.9 Å². The van der Waals surface area contributed by atoms with Gasteiger partial charge in [-0.3, -0.25) is 0 Å². The number of nitrogens with zero attached hydrogens (tertiary/aromatic N) is 6. The second-order valence-electron chi connectivity index (χ2n) is 14.9. The molecule has 8 aromatic rings. The van der Waals surface area contributed by atoms with Crippen molar-refractivity contribution < 1.29 is 8.78 Å². The zero-order chi connectivity index (χ0) is 45.1. The summed E-state index contributed by atoms with van der Waals surface area (Å²) in [5.74, 6) is 2.31. The molecule has 0 unspecified atom stereocenters. The summed E-state index contributed by atoms with van der Waals surface area (Å²) < 4.78 is 29.0. The minimum absolute atomic E-state index is 0.328. The smallest absolute Gasteiger partial charge is 0.164 e. The molecule has 5 aromatic carbocycles. The lowest BCUT2D eigenvalue weighted by atomic mass is 9.99. The quantitative estimate of drug-likeness (QED) is 0.107. The maximum absolute atomic E-state index is 13.9. The van der Waals surface area contributed by atoms with Gasteiger partial charge in [0.2, 0.25) is 0 Å². The number of hydrogen-bond acceptors (Lipinski definition) is 7. The van der Waals surface area contributed by atoms with Crippen LogP contribution in [0.3, 0.4) is 0 Å². The number of allylic oxidation sites excluding steroid dienone is 8. The van der Waals surface area contributed by atoms with Gasteiger partial charge in [0.25, 0.3) is 0 Å². The van der Waals surface area contributed by atoms with Crippen LogP contribution in [0.5, 0.6) is 0 Å². The Morgan fingerprint density at radius 2 is 1.11 bits per heavy atom. The van der Waals surface area contributed by atoms with Gasteiger partial charge in [-0.2, -0.15) is 0 Å². The van der Waals surface area contributed by atoms with Gasteiger partial charge in [-0.1, -0.05) is 134 Å². The van der Waals surface area contributed by atoms with Crippen molar-refractivity contribution in [3.8, 4) is 56.9 Å². The van der Waals surface area contributed by atoms with Gasteiger partial charge in [0.1, 0.15) is 11.6 Å². The van der Waals surface area contributed by atoms with E-state index in [9.17, 15) is 8.78 Å². The lowest BCUT2D eigenvalue weighted by Gasteiger charge is -2.10. The second-order valence-corrected chi connectivity index (χ2v) is 16.1.